The summed E-state index contributed by atoms with van der Waals surface area (Å²) in [6.45, 7) is 3.25. The lowest BCUT2D eigenvalue weighted by molar-refractivity contribution is -0.129. The highest BCUT2D eigenvalue weighted by molar-refractivity contribution is 7.73. The van der Waals surface area contributed by atoms with Crippen LogP contribution in [0.4, 0.5) is 0 Å². The molecule has 23 heavy (non-hydrogen) atoms. The number of aromatic amines is 1. The zero-order chi connectivity index (χ0) is 16.4. The number of ether oxygens (including phenoxy) is 1. The van der Waals surface area contributed by atoms with Crippen LogP contribution >= 0.6 is 35.2 Å². The molecule has 1 N–H and O–H groups in total. The Kier molecular flexibility index (Phi) is 5.04. The maximum atomic E-state index is 12.4. The van der Waals surface area contributed by atoms with Crippen LogP contribution in [-0.4, -0.2) is 35.0 Å². The van der Waals surface area contributed by atoms with Crippen LogP contribution in [-0.2, 0) is 11.2 Å². The van der Waals surface area contributed by atoms with Crippen LogP contribution in [0.5, 0.6) is 5.75 Å². The minimum atomic E-state index is -0.00985. The minimum Gasteiger partial charge on any atom is -0.487 e. The summed E-state index contributed by atoms with van der Waals surface area (Å²) in [6.07, 6.45) is 1.20. The van der Waals surface area contributed by atoms with Crippen molar-refractivity contribution >= 4 is 41.1 Å². The molecular weight excluding hydrogens is 352 g/mol. The lowest BCUT2D eigenvalue weighted by Crippen LogP contribution is -2.32. The van der Waals surface area contributed by atoms with E-state index in [-0.39, 0.29) is 12.0 Å². The van der Waals surface area contributed by atoms with E-state index in [1.807, 2.05) is 30.0 Å². The van der Waals surface area contributed by atoms with Gasteiger partial charge in [-0.05, 0) is 31.3 Å². The number of rotatable bonds is 4. The third-order valence-electron chi connectivity index (χ3n) is 3.86. The van der Waals surface area contributed by atoms with E-state index in [0.717, 1.165) is 17.0 Å². The van der Waals surface area contributed by atoms with Crippen molar-refractivity contribution in [1.82, 2.24) is 9.88 Å². The smallest absolute Gasteiger partial charge is 0.228 e. The molecule has 2 aromatic rings. The first-order valence-corrected chi connectivity index (χ1v) is 9.01. The average molecular weight is 369 g/mol. The average Bonchev–Trinajstić information content (AvgIpc) is 3.09. The van der Waals surface area contributed by atoms with Gasteiger partial charge >= 0.3 is 0 Å². The number of hydrogen-bond donors (Lipinski definition) is 1. The van der Waals surface area contributed by atoms with Gasteiger partial charge in [-0.1, -0.05) is 23.7 Å². The van der Waals surface area contributed by atoms with Crippen LogP contribution < -0.4 is 4.74 Å². The molecule has 1 saturated heterocycles. The van der Waals surface area contributed by atoms with E-state index in [1.54, 1.807) is 6.07 Å². The molecule has 0 bridgehead atoms. The fourth-order valence-electron chi connectivity index (χ4n) is 2.63. The van der Waals surface area contributed by atoms with Crippen LogP contribution in [0.2, 0.25) is 5.02 Å². The molecule has 0 saturated carbocycles. The fourth-order valence-corrected chi connectivity index (χ4v) is 4.09. The number of nitrogens with one attached hydrogen (secondary N) is 1. The Bertz CT molecular complexity index is 771. The van der Waals surface area contributed by atoms with E-state index in [2.05, 4.69) is 4.98 Å². The highest BCUT2D eigenvalue weighted by atomic mass is 35.5. The van der Waals surface area contributed by atoms with Crippen molar-refractivity contribution in [3.63, 3.8) is 0 Å². The maximum absolute atomic E-state index is 12.4. The van der Waals surface area contributed by atoms with Crippen LogP contribution in [0.3, 0.4) is 0 Å². The topological polar surface area (TPSA) is 45.3 Å². The van der Waals surface area contributed by atoms with Crippen molar-refractivity contribution in [2.24, 2.45) is 0 Å². The lowest BCUT2D eigenvalue weighted by Gasteiger charge is -2.17. The van der Waals surface area contributed by atoms with Gasteiger partial charge < -0.3 is 14.6 Å². The second-order valence-electron chi connectivity index (χ2n) is 5.54. The Morgan fingerprint density at radius 1 is 1.52 bits per heavy atom. The van der Waals surface area contributed by atoms with E-state index in [0.29, 0.717) is 34.2 Å². The number of benzene rings is 1. The molecule has 1 amide bonds. The van der Waals surface area contributed by atoms with E-state index in [1.165, 1.54) is 11.3 Å². The fraction of sp³-hybridized carbons (Fsp3) is 0.375. The normalized spacial score (nSPS) is 17.5. The molecule has 1 fully saturated rings. The monoisotopic (exact) mass is 368 g/mol. The molecule has 1 aromatic carbocycles. The first-order chi connectivity index (χ1) is 11.0. The van der Waals surface area contributed by atoms with Gasteiger partial charge in [-0.15, -0.1) is 11.3 Å². The molecule has 1 atom stereocenters. The number of aromatic nitrogens is 1. The molecular formula is C16H17ClN2O2S2. The third kappa shape index (κ3) is 3.94. The summed E-state index contributed by atoms with van der Waals surface area (Å²) < 4.78 is 6.63. The van der Waals surface area contributed by atoms with Crippen LogP contribution in [0.15, 0.2) is 24.3 Å². The van der Waals surface area contributed by atoms with Crippen molar-refractivity contribution < 1.29 is 9.53 Å². The minimum absolute atomic E-state index is 0.00985. The predicted molar refractivity (Wildman–Crippen MR) is 95.0 cm³/mol. The van der Waals surface area contributed by atoms with E-state index >= 15 is 0 Å². The number of thiazole rings is 1. The van der Waals surface area contributed by atoms with Crippen LogP contribution in [0.1, 0.15) is 17.0 Å². The number of nitrogens with zero attached hydrogens (tertiary/aromatic N) is 1. The molecule has 0 aliphatic carbocycles. The summed E-state index contributed by atoms with van der Waals surface area (Å²) in [5.41, 5.74) is 0.983. The Balaban J connectivity index is 1.59. The van der Waals surface area contributed by atoms with Gasteiger partial charge in [-0.2, -0.15) is 0 Å². The van der Waals surface area contributed by atoms with Gasteiger partial charge in [0.05, 0.1) is 18.0 Å². The van der Waals surface area contributed by atoms with Crippen LogP contribution in [0, 0.1) is 10.9 Å². The number of halogens is 1. The summed E-state index contributed by atoms with van der Waals surface area (Å²) in [4.78, 5) is 18.4. The number of para-hydroxylation sites is 1. The lowest BCUT2D eigenvalue weighted by atomic mass is 10.3. The quantitative estimate of drug-likeness (QED) is 0.830. The number of amides is 1. The standard InChI is InChI=1S/C16H17ClN2O2S2/c1-10-14(23-16(22)18-10)8-15(20)19-7-6-11(9-19)21-13-5-3-2-4-12(13)17/h2-5,11H,6-9H2,1H3,(H,18,22). The highest BCUT2D eigenvalue weighted by Gasteiger charge is 2.28. The van der Waals surface area contributed by atoms with Gasteiger partial charge in [-0.3, -0.25) is 4.79 Å². The molecule has 1 unspecified atom stereocenters. The zero-order valence-electron chi connectivity index (χ0n) is 12.7. The summed E-state index contributed by atoms with van der Waals surface area (Å²) in [7, 11) is 0. The van der Waals surface area contributed by atoms with Gasteiger partial charge in [0.2, 0.25) is 5.91 Å². The SMILES string of the molecule is Cc1[nH]c(=S)sc1CC(=O)N1CCC(Oc2ccccc2Cl)C1. The van der Waals surface area contributed by atoms with Gasteiger partial charge in [0.1, 0.15) is 11.9 Å². The first kappa shape index (κ1) is 16.5. The number of aryl methyl sites for hydroxylation is 1. The molecule has 122 valence electrons. The van der Waals surface area contributed by atoms with Crippen molar-refractivity contribution in [2.45, 2.75) is 25.9 Å². The Hall–Kier alpha value is -1.37. The molecule has 0 radical (unpaired) electrons. The highest BCUT2D eigenvalue weighted by Crippen LogP contribution is 2.27. The van der Waals surface area contributed by atoms with Crippen molar-refractivity contribution in [1.29, 1.82) is 0 Å². The van der Waals surface area contributed by atoms with Gasteiger partial charge in [0, 0.05) is 23.5 Å². The zero-order valence-corrected chi connectivity index (χ0v) is 15.1. The summed E-state index contributed by atoms with van der Waals surface area (Å²) in [5.74, 6) is 0.788. The molecule has 1 aliphatic rings. The molecule has 0 spiro atoms. The number of carbonyl (C=O) groups excluding carboxylic acids is 1. The molecule has 2 heterocycles. The molecule has 1 aliphatic heterocycles. The van der Waals surface area contributed by atoms with E-state index in [4.69, 9.17) is 28.6 Å². The Morgan fingerprint density at radius 3 is 3.00 bits per heavy atom. The molecule has 3 rings (SSSR count). The number of H-pyrrole nitrogens is 1. The second-order valence-corrected chi connectivity index (χ2v) is 7.72. The molecule has 7 heteroatoms. The third-order valence-corrected chi connectivity index (χ3v) is 5.51. The van der Waals surface area contributed by atoms with Crippen molar-refractivity contribution in [3.8, 4) is 5.75 Å². The number of carbonyl (C=O) groups is 1. The molecule has 1 aromatic heterocycles. The largest absolute Gasteiger partial charge is 0.487 e. The molecule has 4 nitrogen and oxygen atoms in total. The summed E-state index contributed by atoms with van der Waals surface area (Å²) in [5, 5.41) is 0.597. The predicted octanol–water partition coefficient (Wildman–Crippen LogP) is 3.99. The first-order valence-electron chi connectivity index (χ1n) is 7.40. The van der Waals surface area contributed by atoms with E-state index in [9.17, 15) is 4.79 Å². The van der Waals surface area contributed by atoms with Gasteiger partial charge in [0.25, 0.3) is 0 Å². The van der Waals surface area contributed by atoms with Crippen molar-refractivity contribution in [3.05, 3.63) is 43.8 Å². The maximum Gasteiger partial charge on any atom is 0.228 e. The second kappa shape index (κ2) is 7.03. The summed E-state index contributed by atoms with van der Waals surface area (Å²) >= 11 is 12.7. The van der Waals surface area contributed by atoms with Crippen molar-refractivity contribution in [2.75, 3.05) is 13.1 Å². The number of likely N-dealkylation sites (tertiary alicyclic amines) is 1. The number of hydrogen-bond acceptors (Lipinski definition) is 4. The summed E-state index contributed by atoms with van der Waals surface area (Å²) in [6, 6.07) is 7.41. The Labute approximate surface area is 149 Å². The van der Waals surface area contributed by atoms with Crippen LogP contribution in [0.25, 0.3) is 0 Å². The van der Waals surface area contributed by atoms with E-state index < -0.39 is 0 Å². The van der Waals surface area contributed by atoms with Gasteiger partial charge in [0.15, 0.2) is 3.95 Å². The van der Waals surface area contributed by atoms with Gasteiger partial charge in [-0.25, -0.2) is 0 Å². The Morgan fingerprint density at radius 2 is 2.30 bits per heavy atom.